The lowest BCUT2D eigenvalue weighted by atomic mass is 10.1. The molecule has 0 aliphatic carbocycles. The molecule has 6 nitrogen and oxygen atoms in total. The van der Waals surface area contributed by atoms with Crippen molar-refractivity contribution in [2.75, 3.05) is 13.7 Å². The van der Waals surface area contributed by atoms with Crippen molar-refractivity contribution in [3.8, 4) is 11.5 Å². The fraction of sp³-hybridized carbons (Fsp3) is 0.118. The molecule has 0 atom stereocenters. The molecular weight excluding hydrogens is 376 g/mol. The van der Waals surface area contributed by atoms with Crippen LogP contribution in [-0.2, 0) is 4.79 Å². The zero-order chi connectivity index (χ0) is 17.4. The summed E-state index contributed by atoms with van der Waals surface area (Å²) in [6.45, 7) is -0.255. The lowest BCUT2D eigenvalue weighted by molar-refractivity contribution is -0.123. The molecule has 2 rings (SSSR count). The fourth-order valence-corrected chi connectivity index (χ4v) is 2.12. The van der Waals surface area contributed by atoms with Gasteiger partial charge >= 0.3 is 0 Å². The maximum Gasteiger partial charge on any atom is 0.277 e. The number of ketones is 1. The van der Waals surface area contributed by atoms with Crippen LogP contribution in [0.1, 0.15) is 10.4 Å². The molecule has 0 heterocycles. The smallest absolute Gasteiger partial charge is 0.277 e. The van der Waals surface area contributed by atoms with Gasteiger partial charge in [0.2, 0.25) is 5.78 Å². The summed E-state index contributed by atoms with van der Waals surface area (Å²) in [5, 5.41) is 3.62. The Morgan fingerprint density at radius 1 is 1.17 bits per heavy atom. The third-order valence-electron chi connectivity index (χ3n) is 2.91. The molecule has 0 saturated heterocycles. The Balaban J connectivity index is 1.84. The quantitative estimate of drug-likeness (QED) is 0.447. The standard InChI is InChI=1S/C17H15BrN2O4/c1-23-16-9-13(18)7-8-15(16)24-11-17(22)20-19-10-14(21)12-5-3-2-4-6-12/h2-10H,11H2,1H3,(H,20,22)/b19-10-. The van der Waals surface area contributed by atoms with Crippen LogP contribution in [0.4, 0.5) is 0 Å². The topological polar surface area (TPSA) is 77.0 Å². The van der Waals surface area contributed by atoms with E-state index in [1.165, 1.54) is 7.11 Å². The molecule has 0 aromatic heterocycles. The molecule has 0 aliphatic rings. The van der Waals surface area contributed by atoms with Crippen LogP contribution in [0.3, 0.4) is 0 Å². The van der Waals surface area contributed by atoms with Gasteiger partial charge in [0.25, 0.3) is 5.91 Å². The van der Waals surface area contributed by atoms with Crippen LogP contribution >= 0.6 is 15.9 Å². The van der Waals surface area contributed by atoms with Crippen LogP contribution in [0.5, 0.6) is 11.5 Å². The molecule has 1 N–H and O–H groups in total. The van der Waals surface area contributed by atoms with Crippen molar-refractivity contribution in [2.45, 2.75) is 0 Å². The van der Waals surface area contributed by atoms with Crippen molar-refractivity contribution in [1.82, 2.24) is 5.43 Å². The van der Waals surface area contributed by atoms with Gasteiger partial charge in [-0.2, -0.15) is 5.10 Å². The number of methoxy groups -OCH3 is 1. The molecule has 0 aliphatic heterocycles. The van der Waals surface area contributed by atoms with Crippen LogP contribution in [-0.4, -0.2) is 31.6 Å². The summed E-state index contributed by atoms with van der Waals surface area (Å²) in [5.74, 6) is 0.142. The van der Waals surface area contributed by atoms with Crippen LogP contribution in [0.2, 0.25) is 0 Å². The maximum atomic E-state index is 11.8. The molecule has 0 fully saturated rings. The summed E-state index contributed by atoms with van der Waals surface area (Å²) in [6.07, 6.45) is 1.05. The minimum atomic E-state index is -0.489. The average Bonchev–Trinajstić information content (AvgIpc) is 2.61. The first-order valence-corrected chi connectivity index (χ1v) is 7.77. The Morgan fingerprint density at radius 2 is 1.92 bits per heavy atom. The number of Topliss-reactive ketones (excluding diaryl/α,β-unsaturated/α-hetero) is 1. The Hall–Kier alpha value is -2.67. The van der Waals surface area contributed by atoms with Crippen LogP contribution in [0.25, 0.3) is 0 Å². The van der Waals surface area contributed by atoms with Crippen molar-refractivity contribution in [3.05, 3.63) is 58.6 Å². The molecule has 1 amide bonds. The van der Waals surface area contributed by atoms with Gasteiger partial charge in [-0.15, -0.1) is 0 Å². The highest BCUT2D eigenvalue weighted by Gasteiger charge is 2.08. The number of benzene rings is 2. The first kappa shape index (κ1) is 17.7. The second-order valence-corrected chi connectivity index (χ2v) is 5.52. The minimum absolute atomic E-state index is 0.255. The zero-order valence-corrected chi connectivity index (χ0v) is 14.4. The van der Waals surface area contributed by atoms with E-state index < -0.39 is 5.91 Å². The van der Waals surface area contributed by atoms with Gasteiger partial charge in [-0.05, 0) is 18.2 Å². The van der Waals surface area contributed by atoms with Gasteiger partial charge < -0.3 is 9.47 Å². The second-order valence-electron chi connectivity index (χ2n) is 4.61. The lowest BCUT2D eigenvalue weighted by Gasteiger charge is -2.09. The molecule has 124 valence electrons. The molecule has 0 bridgehead atoms. The summed E-state index contributed by atoms with van der Waals surface area (Å²) in [7, 11) is 1.51. The fourth-order valence-electron chi connectivity index (χ4n) is 1.78. The summed E-state index contributed by atoms with van der Waals surface area (Å²) < 4.78 is 11.4. The van der Waals surface area contributed by atoms with E-state index in [0.717, 1.165) is 10.7 Å². The summed E-state index contributed by atoms with van der Waals surface area (Å²) >= 11 is 3.32. The van der Waals surface area contributed by atoms with Gasteiger partial charge in [-0.25, -0.2) is 5.43 Å². The number of nitrogens with zero attached hydrogens (tertiary/aromatic N) is 1. The first-order chi connectivity index (χ1) is 11.6. The van der Waals surface area contributed by atoms with E-state index in [1.54, 1.807) is 42.5 Å². The van der Waals surface area contributed by atoms with Crippen LogP contribution in [0.15, 0.2) is 58.1 Å². The van der Waals surface area contributed by atoms with Crippen molar-refractivity contribution in [3.63, 3.8) is 0 Å². The molecule has 7 heteroatoms. The van der Waals surface area contributed by atoms with Gasteiger partial charge in [0.1, 0.15) is 0 Å². The number of halogens is 1. The number of ether oxygens (including phenoxy) is 2. The van der Waals surface area contributed by atoms with Gasteiger partial charge in [0.15, 0.2) is 18.1 Å². The second kappa shape index (κ2) is 8.83. The number of carbonyl (C=O) groups is 2. The number of amides is 1. The number of hydrogen-bond donors (Lipinski definition) is 1. The molecule has 0 unspecified atom stereocenters. The molecule has 2 aromatic carbocycles. The predicted octanol–water partition coefficient (Wildman–Crippen LogP) is 2.82. The number of nitrogens with one attached hydrogen (secondary N) is 1. The number of rotatable bonds is 7. The van der Waals surface area contributed by atoms with E-state index in [2.05, 4.69) is 26.5 Å². The largest absolute Gasteiger partial charge is 0.493 e. The summed E-state index contributed by atoms with van der Waals surface area (Å²) in [4.78, 5) is 23.5. The molecule has 0 spiro atoms. The monoisotopic (exact) mass is 390 g/mol. The van der Waals surface area contributed by atoms with Gasteiger partial charge in [-0.1, -0.05) is 46.3 Å². The average molecular weight is 391 g/mol. The highest BCUT2D eigenvalue weighted by molar-refractivity contribution is 9.10. The highest BCUT2D eigenvalue weighted by atomic mass is 79.9. The molecule has 0 radical (unpaired) electrons. The lowest BCUT2D eigenvalue weighted by Crippen LogP contribution is -2.25. The molecule has 0 saturated carbocycles. The highest BCUT2D eigenvalue weighted by Crippen LogP contribution is 2.29. The molecular formula is C17H15BrN2O4. The van der Waals surface area contributed by atoms with Crippen molar-refractivity contribution in [1.29, 1.82) is 0 Å². The predicted molar refractivity (Wildman–Crippen MR) is 93.6 cm³/mol. The number of carbonyl (C=O) groups excluding carboxylic acids is 2. The van der Waals surface area contributed by atoms with Crippen molar-refractivity contribution < 1.29 is 19.1 Å². The summed E-state index contributed by atoms with van der Waals surface area (Å²) in [6, 6.07) is 13.8. The van der Waals surface area contributed by atoms with E-state index in [4.69, 9.17) is 9.47 Å². The van der Waals surface area contributed by atoms with Crippen molar-refractivity contribution >= 4 is 33.8 Å². The number of hydrazone groups is 1. The van der Waals surface area contributed by atoms with E-state index in [-0.39, 0.29) is 12.4 Å². The maximum absolute atomic E-state index is 11.8. The van der Waals surface area contributed by atoms with Gasteiger partial charge in [-0.3, -0.25) is 9.59 Å². The first-order valence-electron chi connectivity index (χ1n) is 6.98. The minimum Gasteiger partial charge on any atom is -0.493 e. The Bertz CT molecular complexity index is 748. The van der Waals surface area contributed by atoms with Gasteiger partial charge in [0, 0.05) is 10.0 Å². The normalized spacial score (nSPS) is 10.4. The third kappa shape index (κ3) is 5.20. The van der Waals surface area contributed by atoms with E-state index in [0.29, 0.717) is 17.1 Å². The summed E-state index contributed by atoms with van der Waals surface area (Å²) in [5.41, 5.74) is 2.73. The van der Waals surface area contributed by atoms with E-state index in [1.807, 2.05) is 6.07 Å². The Labute approximate surface area is 147 Å². The Morgan fingerprint density at radius 3 is 2.62 bits per heavy atom. The van der Waals surface area contributed by atoms with Crippen LogP contribution < -0.4 is 14.9 Å². The van der Waals surface area contributed by atoms with Gasteiger partial charge in [0.05, 0.1) is 13.3 Å². The third-order valence-corrected chi connectivity index (χ3v) is 3.41. The number of hydrogen-bond acceptors (Lipinski definition) is 5. The van der Waals surface area contributed by atoms with Crippen LogP contribution in [0, 0.1) is 0 Å². The SMILES string of the molecule is COc1cc(Br)ccc1OCC(=O)N/N=C\C(=O)c1ccccc1. The molecule has 24 heavy (non-hydrogen) atoms. The zero-order valence-electron chi connectivity index (χ0n) is 12.9. The van der Waals surface area contributed by atoms with Crippen molar-refractivity contribution in [2.24, 2.45) is 5.10 Å². The van der Waals surface area contributed by atoms with E-state index in [9.17, 15) is 9.59 Å². The molecule has 2 aromatic rings. The Kier molecular flexibility index (Phi) is 6.51. The van der Waals surface area contributed by atoms with E-state index >= 15 is 0 Å².